The van der Waals surface area contributed by atoms with Gasteiger partial charge in [-0.15, -0.1) is 0 Å². The van der Waals surface area contributed by atoms with Crippen molar-refractivity contribution in [2.24, 2.45) is 11.7 Å². The number of rotatable bonds is 6. The van der Waals surface area contributed by atoms with Crippen LogP contribution in [0.2, 0.25) is 10.0 Å². The van der Waals surface area contributed by atoms with E-state index in [4.69, 9.17) is 28.9 Å². The molecule has 0 saturated carbocycles. The van der Waals surface area contributed by atoms with Crippen LogP contribution in [0.3, 0.4) is 0 Å². The lowest BCUT2D eigenvalue weighted by molar-refractivity contribution is -0.253. The summed E-state index contributed by atoms with van der Waals surface area (Å²) in [5.41, 5.74) is 1.34. The first-order valence-corrected chi connectivity index (χ1v) is 8.23. The molecule has 0 aliphatic heterocycles. The van der Waals surface area contributed by atoms with Gasteiger partial charge in [0.05, 0.1) is 10.0 Å². The number of amides is 2. The summed E-state index contributed by atoms with van der Waals surface area (Å²) in [7, 11) is 0. The van der Waals surface area contributed by atoms with E-state index in [1.165, 1.54) is 0 Å². The summed E-state index contributed by atoms with van der Waals surface area (Å²) >= 11 is 11.3. The number of hydrogen-bond donors (Lipinski definition) is 2. The molecule has 29 heavy (non-hydrogen) atoms. The average molecular weight is 463 g/mol. The number of hydrogen-bond acceptors (Lipinski definition) is 3. The van der Waals surface area contributed by atoms with Crippen molar-refractivity contribution < 1.29 is 40.7 Å². The van der Waals surface area contributed by atoms with Crippen molar-refractivity contribution in [1.29, 1.82) is 0 Å². The van der Waals surface area contributed by atoms with Crippen LogP contribution >= 0.6 is 23.2 Å². The molecule has 1 aliphatic carbocycles. The Hall–Kier alpha value is -2.40. The SMILES string of the molecule is NC(=O)C1C(F)=CC=CC1(F)C(=O)Nc1cc(Cl)c(OC(F)(F)C(F)F)c(Cl)c1. The Balaban J connectivity index is 2.31. The van der Waals surface area contributed by atoms with E-state index >= 15 is 4.39 Å². The number of primary amides is 1. The summed E-state index contributed by atoms with van der Waals surface area (Å²) in [5.74, 6) is -7.60. The summed E-state index contributed by atoms with van der Waals surface area (Å²) in [6.07, 6.45) is -6.93. The molecule has 2 rings (SSSR count). The van der Waals surface area contributed by atoms with E-state index in [0.717, 1.165) is 24.3 Å². The van der Waals surface area contributed by atoms with Gasteiger partial charge in [0.15, 0.2) is 5.75 Å². The molecule has 2 amide bonds. The molecule has 0 bridgehead atoms. The van der Waals surface area contributed by atoms with Crippen molar-refractivity contribution in [1.82, 2.24) is 0 Å². The average Bonchev–Trinajstić information content (AvgIpc) is 2.57. The van der Waals surface area contributed by atoms with Gasteiger partial charge in [-0.05, 0) is 24.3 Å². The topological polar surface area (TPSA) is 81.4 Å². The molecule has 0 fully saturated rings. The Morgan fingerprint density at radius 2 is 1.79 bits per heavy atom. The molecule has 2 unspecified atom stereocenters. The summed E-state index contributed by atoms with van der Waals surface area (Å²) in [6, 6.07) is 1.48. The van der Waals surface area contributed by atoms with Gasteiger partial charge in [-0.1, -0.05) is 29.3 Å². The van der Waals surface area contributed by atoms with Crippen molar-refractivity contribution in [3.63, 3.8) is 0 Å². The Bertz CT molecular complexity index is 886. The largest absolute Gasteiger partial charge is 0.461 e. The summed E-state index contributed by atoms with van der Waals surface area (Å²) in [6.45, 7) is 0. The third-order valence-electron chi connectivity index (χ3n) is 3.67. The molecular weight excluding hydrogens is 453 g/mol. The number of anilines is 1. The molecule has 1 aliphatic rings. The molecule has 0 spiro atoms. The fourth-order valence-corrected chi connectivity index (χ4v) is 2.92. The first-order valence-electron chi connectivity index (χ1n) is 7.48. The molecule has 2 atom stereocenters. The first-order chi connectivity index (χ1) is 13.3. The zero-order valence-corrected chi connectivity index (χ0v) is 15.4. The van der Waals surface area contributed by atoms with E-state index in [9.17, 15) is 31.5 Å². The van der Waals surface area contributed by atoms with E-state index in [2.05, 4.69) is 4.74 Å². The second-order valence-electron chi connectivity index (χ2n) is 5.70. The molecule has 13 heteroatoms. The normalized spacial score (nSPS) is 21.7. The molecule has 1 aromatic rings. The quantitative estimate of drug-likeness (QED) is 0.614. The molecule has 3 N–H and O–H groups in total. The van der Waals surface area contributed by atoms with Crippen molar-refractivity contribution >= 4 is 40.7 Å². The van der Waals surface area contributed by atoms with Gasteiger partial charge in [0.25, 0.3) is 5.91 Å². The minimum Gasteiger partial charge on any atom is -0.425 e. The number of carbonyl (C=O) groups is 2. The Labute approximate surface area is 169 Å². The van der Waals surface area contributed by atoms with Gasteiger partial charge >= 0.3 is 12.5 Å². The molecule has 1 aromatic carbocycles. The number of ether oxygens (including phenoxy) is 1. The summed E-state index contributed by atoms with van der Waals surface area (Å²) in [4.78, 5) is 23.7. The maximum absolute atomic E-state index is 15.1. The minimum atomic E-state index is -4.91. The molecule has 0 saturated heterocycles. The van der Waals surface area contributed by atoms with Gasteiger partial charge in [0, 0.05) is 5.69 Å². The standard InChI is InChI=1S/C16H10Cl2F6N2O3/c17-7-4-6(5-8(18)11(7)29-16(23,24)13(20)21)26-14(28)15(22)3-1-2-9(19)10(15)12(25)27/h1-5,10,13H,(H2,25,27)(H,26,28). The molecule has 5 nitrogen and oxygen atoms in total. The highest BCUT2D eigenvalue weighted by Gasteiger charge is 2.51. The second-order valence-corrected chi connectivity index (χ2v) is 6.52. The number of nitrogens with two attached hydrogens (primary N) is 1. The van der Waals surface area contributed by atoms with Gasteiger partial charge in [0.2, 0.25) is 11.6 Å². The van der Waals surface area contributed by atoms with Crippen LogP contribution in [-0.4, -0.2) is 30.0 Å². The van der Waals surface area contributed by atoms with Crippen molar-refractivity contribution in [3.8, 4) is 5.75 Å². The Kier molecular flexibility index (Phi) is 6.43. The highest BCUT2D eigenvalue weighted by atomic mass is 35.5. The predicted octanol–water partition coefficient (Wildman–Crippen LogP) is 4.40. The fraction of sp³-hybridized carbons (Fsp3) is 0.250. The fourth-order valence-electron chi connectivity index (χ4n) is 2.36. The van der Waals surface area contributed by atoms with E-state index in [-0.39, 0.29) is 5.69 Å². The maximum atomic E-state index is 15.1. The second kappa shape index (κ2) is 8.15. The van der Waals surface area contributed by atoms with Crippen LogP contribution in [0.1, 0.15) is 0 Å². The Morgan fingerprint density at radius 1 is 1.24 bits per heavy atom. The molecule has 0 aromatic heterocycles. The van der Waals surface area contributed by atoms with Crippen LogP contribution in [-0.2, 0) is 9.59 Å². The molecular formula is C16H10Cl2F6N2O3. The highest BCUT2D eigenvalue weighted by molar-refractivity contribution is 6.37. The van der Waals surface area contributed by atoms with Crippen LogP contribution in [0, 0.1) is 5.92 Å². The smallest absolute Gasteiger partial charge is 0.425 e. The summed E-state index contributed by atoms with van der Waals surface area (Å²) < 4.78 is 83.3. The van der Waals surface area contributed by atoms with Gasteiger partial charge in [-0.3, -0.25) is 9.59 Å². The predicted molar refractivity (Wildman–Crippen MR) is 91.5 cm³/mol. The summed E-state index contributed by atoms with van der Waals surface area (Å²) in [5, 5.41) is 0.476. The lowest BCUT2D eigenvalue weighted by atomic mass is 9.83. The molecule has 0 heterocycles. The number of benzene rings is 1. The maximum Gasteiger partial charge on any atom is 0.461 e. The number of carbonyl (C=O) groups excluding carboxylic acids is 2. The van der Waals surface area contributed by atoms with Gasteiger partial charge in [0.1, 0.15) is 11.7 Å². The zero-order valence-electron chi connectivity index (χ0n) is 13.9. The minimum absolute atomic E-state index is 0.388. The van der Waals surface area contributed by atoms with E-state index < -0.39 is 57.6 Å². The number of allylic oxidation sites excluding steroid dienone is 2. The zero-order chi connectivity index (χ0) is 22.1. The van der Waals surface area contributed by atoms with Crippen LogP contribution in [0.15, 0.2) is 36.2 Å². The lowest BCUT2D eigenvalue weighted by Gasteiger charge is -2.29. The first kappa shape index (κ1) is 22.9. The van der Waals surface area contributed by atoms with Gasteiger partial charge < -0.3 is 15.8 Å². The third-order valence-corrected chi connectivity index (χ3v) is 4.23. The number of alkyl halides is 5. The number of halogens is 8. The lowest BCUT2D eigenvalue weighted by Crippen LogP contribution is -2.50. The van der Waals surface area contributed by atoms with Crippen LogP contribution < -0.4 is 15.8 Å². The van der Waals surface area contributed by atoms with E-state index in [0.29, 0.717) is 6.08 Å². The molecule has 158 valence electrons. The van der Waals surface area contributed by atoms with E-state index in [1.54, 1.807) is 0 Å². The monoisotopic (exact) mass is 462 g/mol. The van der Waals surface area contributed by atoms with E-state index in [1.807, 2.05) is 5.32 Å². The van der Waals surface area contributed by atoms with Crippen molar-refractivity contribution in [2.75, 3.05) is 5.32 Å². The van der Waals surface area contributed by atoms with Crippen molar-refractivity contribution in [3.05, 3.63) is 46.2 Å². The van der Waals surface area contributed by atoms with Crippen LogP contribution in [0.5, 0.6) is 5.75 Å². The Morgan fingerprint density at radius 3 is 2.28 bits per heavy atom. The number of nitrogens with one attached hydrogen (secondary N) is 1. The highest BCUT2D eigenvalue weighted by Crippen LogP contribution is 2.41. The van der Waals surface area contributed by atoms with Crippen LogP contribution in [0.4, 0.5) is 32.0 Å². The van der Waals surface area contributed by atoms with Crippen LogP contribution in [0.25, 0.3) is 0 Å². The third kappa shape index (κ3) is 4.61. The van der Waals surface area contributed by atoms with Crippen molar-refractivity contribution in [2.45, 2.75) is 18.2 Å². The van der Waals surface area contributed by atoms with Gasteiger partial charge in [-0.2, -0.15) is 17.6 Å². The molecule has 0 radical (unpaired) electrons. The van der Waals surface area contributed by atoms with Gasteiger partial charge in [-0.25, -0.2) is 8.78 Å².